The zero-order valence-electron chi connectivity index (χ0n) is 13.3. The summed E-state index contributed by atoms with van der Waals surface area (Å²) in [5, 5.41) is 8.19. The van der Waals surface area contributed by atoms with Crippen molar-refractivity contribution >= 4 is 47.3 Å². The van der Waals surface area contributed by atoms with Crippen LogP contribution in [0.3, 0.4) is 0 Å². The van der Waals surface area contributed by atoms with Crippen LogP contribution in [0.25, 0.3) is 0 Å². The van der Waals surface area contributed by atoms with Crippen LogP contribution in [0.2, 0.25) is 10.0 Å². The quantitative estimate of drug-likeness (QED) is 0.801. The minimum Gasteiger partial charge on any atom is -0.364 e. The van der Waals surface area contributed by atoms with E-state index in [4.69, 9.17) is 33.7 Å². The van der Waals surface area contributed by atoms with Crippen molar-refractivity contribution in [3.05, 3.63) is 46.1 Å². The van der Waals surface area contributed by atoms with E-state index in [1.54, 1.807) is 35.1 Å². The molecule has 3 rings (SSSR count). The zero-order valence-corrected chi connectivity index (χ0v) is 15.7. The third-order valence-corrected chi connectivity index (χ3v) is 4.71. The summed E-state index contributed by atoms with van der Waals surface area (Å²) < 4.78 is 7.25. The molecule has 9 heteroatoms. The van der Waals surface area contributed by atoms with Crippen LogP contribution >= 0.6 is 35.6 Å². The Hall–Kier alpha value is -1.31. The number of amides is 1. The number of rotatable bonds is 5. The number of benzene rings is 1. The molecule has 2 heterocycles. The smallest absolute Gasteiger partial charge is 0.254 e. The molecule has 1 saturated heterocycles. The second-order valence-electron chi connectivity index (χ2n) is 5.62. The first kappa shape index (κ1) is 20.0. The van der Waals surface area contributed by atoms with Gasteiger partial charge in [-0.3, -0.25) is 4.79 Å². The van der Waals surface area contributed by atoms with Gasteiger partial charge < -0.3 is 15.8 Å². The lowest BCUT2D eigenvalue weighted by Gasteiger charge is -2.14. The molecular formula is C16H19Cl3N4O2. The van der Waals surface area contributed by atoms with E-state index in [2.05, 4.69) is 10.4 Å². The second-order valence-corrected chi connectivity index (χ2v) is 6.44. The summed E-state index contributed by atoms with van der Waals surface area (Å²) in [5.41, 5.74) is 6.33. The van der Waals surface area contributed by atoms with E-state index in [1.807, 2.05) is 0 Å². The zero-order chi connectivity index (χ0) is 17.1. The van der Waals surface area contributed by atoms with Crippen LogP contribution in [-0.4, -0.2) is 34.4 Å². The highest BCUT2D eigenvalue weighted by molar-refractivity contribution is 6.35. The predicted molar refractivity (Wildman–Crippen MR) is 101 cm³/mol. The first-order valence-electron chi connectivity index (χ1n) is 7.69. The Bertz CT molecular complexity index is 718. The molecule has 0 aliphatic carbocycles. The average Bonchev–Trinajstić information content (AvgIpc) is 3.20. The first-order chi connectivity index (χ1) is 11.6. The number of ether oxygens (including phenoxy) is 1. The van der Waals surface area contributed by atoms with Gasteiger partial charge in [0.2, 0.25) is 0 Å². The number of anilines is 1. The van der Waals surface area contributed by atoms with Crippen LogP contribution < -0.4 is 11.1 Å². The molecule has 3 N–H and O–H groups in total. The molecule has 6 nitrogen and oxygen atoms in total. The minimum absolute atomic E-state index is 0. The Labute approximate surface area is 162 Å². The number of carbonyl (C=O) groups is 1. The summed E-state index contributed by atoms with van der Waals surface area (Å²) in [6.07, 6.45) is 2.54. The maximum atomic E-state index is 12.3. The number of hydrogen-bond donors (Lipinski definition) is 2. The van der Waals surface area contributed by atoms with Crippen LogP contribution in [-0.2, 0) is 16.1 Å². The van der Waals surface area contributed by atoms with E-state index < -0.39 is 6.10 Å². The van der Waals surface area contributed by atoms with Gasteiger partial charge in [-0.15, -0.1) is 12.4 Å². The fourth-order valence-corrected chi connectivity index (χ4v) is 3.19. The molecule has 0 bridgehead atoms. The highest BCUT2D eigenvalue weighted by atomic mass is 35.5. The standard InChI is InChI=1S/C16H18Cl2N4O2.ClH/c17-12-2-1-3-13(18)11(12)9-22-15(6-7-20-22)21-16(23)14-5-4-10(8-19)24-14;/h1-3,6-7,10,14H,4-5,8-9,19H2,(H,21,23);1H/t10-,14+;/m1./s1. The van der Waals surface area contributed by atoms with Gasteiger partial charge in [0.1, 0.15) is 11.9 Å². The van der Waals surface area contributed by atoms with Gasteiger partial charge >= 0.3 is 0 Å². The lowest BCUT2D eigenvalue weighted by atomic mass is 10.2. The molecule has 0 spiro atoms. The number of nitrogens with one attached hydrogen (secondary N) is 1. The summed E-state index contributed by atoms with van der Waals surface area (Å²) in [7, 11) is 0. The molecule has 0 unspecified atom stereocenters. The number of hydrogen-bond acceptors (Lipinski definition) is 4. The summed E-state index contributed by atoms with van der Waals surface area (Å²) in [6, 6.07) is 7.04. The summed E-state index contributed by atoms with van der Waals surface area (Å²) >= 11 is 12.4. The molecule has 0 saturated carbocycles. The van der Waals surface area contributed by atoms with Crippen molar-refractivity contribution in [2.45, 2.75) is 31.6 Å². The Morgan fingerprint density at radius 3 is 2.68 bits per heavy atom. The Morgan fingerprint density at radius 2 is 2.04 bits per heavy atom. The molecule has 136 valence electrons. The fourth-order valence-electron chi connectivity index (χ4n) is 2.68. The molecule has 2 atom stereocenters. The summed E-state index contributed by atoms with van der Waals surface area (Å²) in [5.74, 6) is 0.369. The van der Waals surface area contributed by atoms with Crippen molar-refractivity contribution in [1.29, 1.82) is 0 Å². The predicted octanol–water partition coefficient (Wildman–Crippen LogP) is 3.10. The average molecular weight is 406 g/mol. The van der Waals surface area contributed by atoms with Crippen LogP contribution in [0, 0.1) is 0 Å². The molecule has 0 radical (unpaired) electrons. The van der Waals surface area contributed by atoms with E-state index in [-0.39, 0.29) is 24.4 Å². The first-order valence-corrected chi connectivity index (χ1v) is 8.45. The monoisotopic (exact) mass is 404 g/mol. The van der Waals surface area contributed by atoms with Crippen molar-refractivity contribution in [3.8, 4) is 0 Å². The normalized spacial score (nSPS) is 19.5. The second kappa shape index (κ2) is 8.87. The maximum Gasteiger partial charge on any atom is 0.254 e. The van der Waals surface area contributed by atoms with Gasteiger partial charge in [0, 0.05) is 28.2 Å². The van der Waals surface area contributed by atoms with E-state index in [9.17, 15) is 4.79 Å². The largest absolute Gasteiger partial charge is 0.364 e. The van der Waals surface area contributed by atoms with Crippen molar-refractivity contribution in [3.63, 3.8) is 0 Å². The molecule has 1 aromatic carbocycles. The third-order valence-electron chi connectivity index (χ3n) is 4.00. The van der Waals surface area contributed by atoms with Gasteiger partial charge in [-0.25, -0.2) is 4.68 Å². The third kappa shape index (κ3) is 4.65. The van der Waals surface area contributed by atoms with Crippen LogP contribution in [0.1, 0.15) is 18.4 Å². The van der Waals surface area contributed by atoms with Crippen molar-refractivity contribution in [2.75, 3.05) is 11.9 Å². The molecule has 25 heavy (non-hydrogen) atoms. The molecule has 1 aromatic heterocycles. The Morgan fingerprint density at radius 1 is 1.32 bits per heavy atom. The Balaban J connectivity index is 0.00000225. The van der Waals surface area contributed by atoms with Gasteiger partial charge in [0.25, 0.3) is 5.91 Å². The van der Waals surface area contributed by atoms with Gasteiger partial charge in [-0.2, -0.15) is 5.10 Å². The number of nitrogens with zero attached hydrogens (tertiary/aromatic N) is 2. The Kier molecular flexibility index (Phi) is 7.10. The van der Waals surface area contributed by atoms with Crippen LogP contribution in [0.15, 0.2) is 30.5 Å². The summed E-state index contributed by atoms with van der Waals surface area (Å²) in [6.45, 7) is 0.783. The highest BCUT2D eigenvalue weighted by Gasteiger charge is 2.30. The van der Waals surface area contributed by atoms with Crippen LogP contribution in [0.5, 0.6) is 0 Å². The number of aromatic nitrogens is 2. The number of nitrogens with two attached hydrogens (primary N) is 1. The topological polar surface area (TPSA) is 82.2 Å². The molecule has 1 aliphatic heterocycles. The lowest BCUT2D eigenvalue weighted by Crippen LogP contribution is -2.30. The van der Waals surface area contributed by atoms with Crippen molar-refractivity contribution in [2.24, 2.45) is 5.73 Å². The van der Waals surface area contributed by atoms with Crippen molar-refractivity contribution < 1.29 is 9.53 Å². The molecule has 1 fully saturated rings. The number of halogens is 3. The molecule has 1 amide bonds. The fraction of sp³-hybridized carbons (Fsp3) is 0.375. The van der Waals surface area contributed by atoms with E-state index >= 15 is 0 Å². The van der Waals surface area contributed by atoms with Gasteiger partial charge in [-0.1, -0.05) is 29.3 Å². The molecule has 1 aliphatic rings. The summed E-state index contributed by atoms with van der Waals surface area (Å²) in [4.78, 5) is 12.3. The SMILES string of the molecule is Cl.NC[C@H]1CC[C@@H](C(=O)Nc2ccnn2Cc2c(Cl)cccc2Cl)O1. The van der Waals surface area contributed by atoms with E-state index in [0.717, 1.165) is 12.0 Å². The molecular weight excluding hydrogens is 387 g/mol. The van der Waals surface area contributed by atoms with Crippen LogP contribution in [0.4, 0.5) is 5.82 Å². The maximum absolute atomic E-state index is 12.3. The highest BCUT2D eigenvalue weighted by Crippen LogP contribution is 2.26. The van der Waals surface area contributed by atoms with E-state index in [1.165, 1.54) is 0 Å². The number of carbonyl (C=O) groups excluding carboxylic acids is 1. The van der Waals surface area contributed by atoms with Gasteiger partial charge in [0.05, 0.1) is 18.8 Å². The van der Waals surface area contributed by atoms with Crippen molar-refractivity contribution in [1.82, 2.24) is 9.78 Å². The minimum atomic E-state index is -0.481. The molecule has 2 aromatic rings. The van der Waals surface area contributed by atoms with E-state index in [0.29, 0.717) is 35.4 Å². The lowest BCUT2D eigenvalue weighted by molar-refractivity contribution is -0.126. The van der Waals surface area contributed by atoms with Gasteiger partial charge in [-0.05, 0) is 25.0 Å². The van der Waals surface area contributed by atoms with Gasteiger partial charge in [0.15, 0.2) is 0 Å².